The number of aryl methyl sites for hydroxylation is 1. The van der Waals surface area contributed by atoms with Crippen molar-refractivity contribution in [3.8, 4) is 5.75 Å². The molecular weight excluding hydrogens is 284 g/mol. The molecule has 0 bridgehead atoms. The summed E-state index contributed by atoms with van der Waals surface area (Å²) in [6.07, 6.45) is 0. The number of nitrogens with one attached hydrogen (secondary N) is 1. The third-order valence-corrected chi connectivity index (χ3v) is 3.28. The molecule has 22 heavy (non-hydrogen) atoms. The molecule has 0 aliphatic rings. The van der Waals surface area contributed by atoms with Crippen LogP contribution in [0.4, 0.5) is 5.69 Å². The number of rotatable bonds is 5. The first kappa shape index (κ1) is 15.6. The Morgan fingerprint density at radius 2 is 2.00 bits per heavy atom. The number of methoxy groups -OCH3 is 1. The first-order chi connectivity index (χ1) is 10.5. The number of aromatic nitrogens is 1. The van der Waals surface area contributed by atoms with Gasteiger partial charge in [0, 0.05) is 24.5 Å². The number of carbonyl (C=O) groups is 2. The smallest absolute Gasteiger partial charge is 0.343 e. The van der Waals surface area contributed by atoms with Gasteiger partial charge in [0.1, 0.15) is 11.4 Å². The maximum absolute atomic E-state index is 12.2. The third-order valence-electron chi connectivity index (χ3n) is 3.28. The first-order valence-electron chi connectivity index (χ1n) is 6.74. The van der Waals surface area contributed by atoms with Crippen molar-refractivity contribution in [2.45, 2.75) is 6.92 Å². The summed E-state index contributed by atoms with van der Waals surface area (Å²) in [6.45, 7) is 1.75. The molecule has 1 aromatic carbocycles. The molecule has 116 valence electrons. The lowest BCUT2D eigenvalue weighted by Gasteiger charge is -2.09. The molecule has 0 radical (unpaired) electrons. The lowest BCUT2D eigenvalue weighted by Crippen LogP contribution is -2.16. The van der Waals surface area contributed by atoms with Crippen molar-refractivity contribution in [2.24, 2.45) is 7.05 Å². The zero-order valence-electron chi connectivity index (χ0n) is 12.8. The molecule has 6 nitrogen and oxygen atoms in total. The molecule has 1 N–H and O–H groups in total. The summed E-state index contributed by atoms with van der Waals surface area (Å²) in [6, 6.07) is 10.5. The minimum atomic E-state index is -0.464. The number of nitrogens with zero attached hydrogens (tertiary/aromatic N) is 1. The van der Waals surface area contributed by atoms with Crippen LogP contribution in [0.15, 0.2) is 36.4 Å². The average Bonchev–Trinajstić information content (AvgIpc) is 2.85. The van der Waals surface area contributed by atoms with Gasteiger partial charge in [0.2, 0.25) is 0 Å². The Morgan fingerprint density at radius 3 is 2.64 bits per heavy atom. The maximum Gasteiger partial charge on any atom is 0.343 e. The summed E-state index contributed by atoms with van der Waals surface area (Å²) in [7, 11) is 3.13. The van der Waals surface area contributed by atoms with Gasteiger partial charge in [0.15, 0.2) is 6.61 Å². The van der Waals surface area contributed by atoms with Crippen LogP contribution in [0, 0.1) is 6.92 Å². The van der Waals surface area contributed by atoms with Gasteiger partial charge in [-0.3, -0.25) is 4.79 Å². The fourth-order valence-electron chi connectivity index (χ4n) is 1.90. The summed E-state index contributed by atoms with van der Waals surface area (Å²) in [5.74, 6) is -0.194. The van der Waals surface area contributed by atoms with Crippen molar-refractivity contribution in [3.63, 3.8) is 0 Å². The van der Waals surface area contributed by atoms with E-state index in [-0.39, 0.29) is 12.5 Å². The first-order valence-corrected chi connectivity index (χ1v) is 6.74. The van der Waals surface area contributed by atoms with E-state index in [1.54, 1.807) is 30.3 Å². The highest BCUT2D eigenvalue weighted by Crippen LogP contribution is 2.18. The predicted octanol–water partition coefficient (Wildman–Crippen LogP) is 2.14. The van der Waals surface area contributed by atoms with Gasteiger partial charge in [-0.05, 0) is 31.2 Å². The molecule has 0 aliphatic heterocycles. The molecule has 0 unspecified atom stereocenters. The molecule has 0 aliphatic carbocycles. The Morgan fingerprint density at radius 1 is 1.23 bits per heavy atom. The predicted molar refractivity (Wildman–Crippen MR) is 82.1 cm³/mol. The van der Waals surface area contributed by atoms with Crippen LogP contribution in [0.25, 0.3) is 0 Å². The van der Waals surface area contributed by atoms with Crippen LogP contribution in [0.1, 0.15) is 16.2 Å². The van der Waals surface area contributed by atoms with Crippen LogP contribution in [0.3, 0.4) is 0 Å². The summed E-state index contributed by atoms with van der Waals surface area (Å²) in [5.41, 5.74) is 2.16. The Labute approximate surface area is 128 Å². The number of ether oxygens (including phenoxy) is 2. The Bertz CT molecular complexity index is 691. The molecule has 1 aromatic heterocycles. The van der Waals surface area contributed by atoms with Gasteiger partial charge in [-0.15, -0.1) is 0 Å². The normalized spacial score (nSPS) is 10.1. The van der Waals surface area contributed by atoms with Crippen molar-refractivity contribution in [1.82, 2.24) is 4.57 Å². The third kappa shape index (κ3) is 3.66. The average molecular weight is 302 g/mol. The van der Waals surface area contributed by atoms with Crippen LogP contribution in [0.5, 0.6) is 5.75 Å². The lowest BCUT2D eigenvalue weighted by molar-refractivity contribution is -0.142. The highest BCUT2D eigenvalue weighted by atomic mass is 16.6. The second-order valence-electron chi connectivity index (χ2n) is 4.77. The van der Waals surface area contributed by atoms with E-state index >= 15 is 0 Å². The van der Waals surface area contributed by atoms with Gasteiger partial charge in [0.05, 0.1) is 7.11 Å². The summed E-state index contributed by atoms with van der Waals surface area (Å²) >= 11 is 0. The monoisotopic (exact) mass is 302 g/mol. The summed E-state index contributed by atoms with van der Waals surface area (Å²) in [5, 5.41) is 2.80. The molecule has 0 spiro atoms. The Kier molecular flexibility index (Phi) is 4.83. The number of esters is 1. The number of carbonyl (C=O) groups excluding carboxylic acids is 2. The standard InChI is InChI=1S/C16H18N2O4/c1-11-7-8-14(18(11)2)16(20)17-12-5-4-6-13(9-12)22-10-15(19)21-3/h4-9H,10H2,1-3H3,(H,17,20). The second-order valence-corrected chi connectivity index (χ2v) is 4.77. The van der Waals surface area contributed by atoms with Crippen molar-refractivity contribution < 1.29 is 19.1 Å². The molecule has 0 saturated heterocycles. The van der Waals surface area contributed by atoms with Gasteiger partial charge < -0.3 is 19.4 Å². The number of amides is 1. The number of hydrogen-bond donors (Lipinski definition) is 1. The number of anilines is 1. The second kappa shape index (κ2) is 6.80. The quantitative estimate of drug-likeness (QED) is 0.859. The van der Waals surface area contributed by atoms with Crippen molar-refractivity contribution in [3.05, 3.63) is 47.8 Å². The van der Waals surface area contributed by atoms with E-state index in [4.69, 9.17) is 4.74 Å². The van der Waals surface area contributed by atoms with Gasteiger partial charge in [0.25, 0.3) is 5.91 Å². The minimum Gasteiger partial charge on any atom is -0.482 e. The zero-order chi connectivity index (χ0) is 16.1. The topological polar surface area (TPSA) is 69.6 Å². The van der Waals surface area contributed by atoms with Crippen LogP contribution in [0.2, 0.25) is 0 Å². The molecule has 1 heterocycles. The van der Waals surface area contributed by atoms with E-state index in [0.29, 0.717) is 17.1 Å². The largest absolute Gasteiger partial charge is 0.482 e. The van der Waals surface area contributed by atoms with E-state index in [1.807, 2.05) is 24.6 Å². The zero-order valence-corrected chi connectivity index (χ0v) is 12.8. The SMILES string of the molecule is COC(=O)COc1cccc(NC(=O)c2ccc(C)n2C)c1. The van der Waals surface area contributed by atoms with Crippen LogP contribution < -0.4 is 10.1 Å². The fraction of sp³-hybridized carbons (Fsp3) is 0.250. The number of hydrogen-bond acceptors (Lipinski definition) is 4. The minimum absolute atomic E-state index is 0.176. The molecule has 6 heteroatoms. The van der Waals surface area contributed by atoms with E-state index < -0.39 is 5.97 Å². The Hall–Kier alpha value is -2.76. The van der Waals surface area contributed by atoms with Gasteiger partial charge in [-0.25, -0.2) is 4.79 Å². The molecule has 0 fully saturated rings. The van der Waals surface area contributed by atoms with Crippen molar-refractivity contribution in [1.29, 1.82) is 0 Å². The molecule has 0 saturated carbocycles. The molecule has 1 amide bonds. The van der Waals surface area contributed by atoms with Gasteiger partial charge in [-0.2, -0.15) is 0 Å². The molecular formula is C16H18N2O4. The van der Waals surface area contributed by atoms with Crippen LogP contribution in [-0.2, 0) is 16.6 Å². The molecule has 2 aromatic rings. The lowest BCUT2D eigenvalue weighted by atomic mass is 10.3. The highest BCUT2D eigenvalue weighted by molar-refractivity contribution is 6.03. The molecule has 2 rings (SSSR count). The fourth-order valence-corrected chi connectivity index (χ4v) is 1.90. The van der Waals surface area contributed by atoms with E-state index in [9.17, 15) is 9.59 Å². The highest BCUT2D eigenvalue weighted by Gasteiger charge is 2.11. The molecule has 0 atom stereocenters. The van der Waals surface area contributed by atoms with Crippen LogP contribution >= 0.6 is 0 Å². The van der Waals surface area contributed by atoms with Crippen LogP contribution in [-0.4, -0.2) is 30.2 Å². The van der Waals surface area contributed by atoms with Crippen molar-refractivity contribution in [2.75, 3.05) is 19.0 Å². The van der Waals surface area contributed by atoms with Crippen molar-refractivity contribution >= 4 is 17.6 Å². The van der Waals surface area contributed by atoms with E-state index in [1.165, 1.54) is 7.11 Å². The Balaban J connectivity index is 2.05. The maximum atomic E-state index is 12.2. The van der Waals surface area contributed by atoms with E-state index in [2.05, 4.69) is 10.1 Å². The number of benzene rings is 1. The summed E-state index contributed by atoms with van der Waals surface area (Å²) < 4.78 is 11.6. The van der Waals surface area contributed by atoms with E-state index in [0.717, 1.165) is 5.69 Å². The van der Waals surface area contributed by atoms with Gasteiger partial charge >= 0.3 is 5.97 Å². The van der Waals surface area contributed by atoms with Gasteiger partial charge in [-0.1, -0.05) is 6.07 Å². The summed E-state index contributed by atoms with van der Waals surface area (Å²) in [4.78, 5) is 23.3.